The van der Waals surface area contributed by atoms with Crippen molar-refractivity contribution in [3.8, 4) is 0 Å². The monoisotopic (exact) mass is 311 g/mol. The highest BCUT2D eigenvalue weighted by atomic mass is 35.5. The fraction of sp³-hybridized carbons (Fsp3) is 0.571. The lowest BCUT2D eigenvalue weighted by molar-refractivity contribution is 0.166. The Morgan fingerprint density at radius 2 is 1.95 bits per heavy atom. The Morgan fingerprint density at radius 3 is 2.62 bits per heavy atom. The maximum atomic E-state index is 12.2. The summed E-state index contributed by atoms with van der Waals surface area (Å²) in [6.07, 6.45) is 1.76. The van der Waals surface area contributed by atoms with Crippen molar-refractivity contribution < 1.29 is 0 Å². The summed E-state index contributed by atoms with van der Waals surface area (Å²) in [6, 6.07) is 6.59. The first-order valence-electron chi connectivity index (χ1n) is 7.16. The zero-order valence-electron chi connectivity index (χ0n) is 12.4. The van der Waals surface area contributed by atoms with E-state index in [0.717, 1.165) is 19.6 Å². The van der Waals surface area contributed by atoms with Crippen LogP contribution in [0.3, 0.4) is 0 Å². The minimum atomic E-state index is -0.0585. The molecule has 0 aromatic carbocycles. The molecule has 1 aliphatic rings. The fourth-order valence-electron chi connectivity index (χ4n) is 2.97. The highest BCUT2D eigenvalue weighted by Gasteiger charge is 2.20. The maximum Gasteiger partial charge on any atom is 0.350 e. The summed E-state index contributed by atoms with van der Waals surface area (Å²) in [7, 11) is 0. The molecule has 116 valence electrons. The van der Waals surface area contributed by atoms with E-state index in [-0.39, 0.29) is 18.1 Å². The number of nitrogens with zero attached hydrogens (tertiary/aromatic N) is 4. The third kappa shape index (κ3) is 3.45. The first kappa shape index (κ1) is 16.0. The molecule has 2 unspecified atom stereocenters. The number of halogens is 1. The summed E-state index contributed by atoms with van der Waals surface area (Å²) in [5.41, 5.74) is 0.649. The van der Waals surface area contributed by atoms with Crippen molar-refractivity contribution in [1.29, 1.82) is 0 Å². The van der Waals surface area contributed by atoms with Gasteiger partial charge < -0.3 is 5.32 Å². The van der Waals surface area contributed by atoms with Gasteiger partial charge in [-0.15, -0.1) is 17.5 Å². The molecule has 2 atom stereocenters. The van der Waals surface area contributed by atoms with E-state index in [1.54, 1.807) is 15.3 Å². The van der Waals surface area contributed by atoms with Crippen LogP contribution in [-0.4, -0.2) is 50.8 Å². The second kappa shape index (κ2) is 6.60. The van der Waals surface area contributed by atoms with Crippen LogP contribution in [0.5, 0.6) is 0 Å². The van der Waals surface area contributed by atoms with Gasteiger partial charge in [-0.2, -0.15) is 0 Å². The molecule has 1 fully saturated rings. The number of pyridine rings is 1. The van der Waals surface area contributed by atoms with Gasteiger partial charge in [0, 0.05) is 37.9 Å². The highest BCUT2D eigenvalue weighted by Crippen LogP contribution is 2.04. The van der Waals surface area contributed by atoms with Gasteiger partial charge in [0.25, 0.3) is 0 Å². The molecule has 3 rings (SSSR count). The molecule has 3 heterocycles. The molecule has 0 amide bonds. The van der Waals surface area contributed by atoms with Crippen LogP contribution in [0.15, 0.2) is 29.2 Å². The lowest BCUT2D eigenvalue weighted by Crippen LogP contribution is -2.54. The van der Waals surface area contributed by atoms with Gasteiger partial charge in [0.2, 0.25) is 0 Å². The molecular formula is C14H22ClN5O. The molecule has 0 saturated carbocycles. The fourth-order valence-corrected chi connectivity index (χ4v) is 2.97. The summed E-state index contributed by atoms with van der Waals surface area (Å²) in [6.45, 7) is 7.93. The Morgan fingerprint density at radius 1 is 1.24 bits per heavy atom. The second-order valence-electron chi connectivity index (χ2n) is 5.66. The minimum absolute atomic E-state index is 0. The Labute approximate surface area is 130 Å². The van der Waals surface area contributed by atoms with E-state index in [1.165, 1.54) is 0 Å². The molecule has 0 radical (unpaired) electrons. The minimum Gasteiger partial charge on any atom is -0.309 e. The van der Waals surface area contributed by atoms with Crippen molar-refractivity contribution in [3.63, 3.8) is 0 Å². The number of hydrogen-bond acceptors (Lipinski definition) is 4. The van der Waals surface area contributed by atoms with E-state index < -0.39 is 0 Å². The molecule has 1 saturated heterocycles. The Bertz CT molecular complexity index is 642. The second-order valence-corrected chi connectivity index (χ2v) is 5.66. The zero-order chi connectivity index (χ0) is 14.1. The molecule has 2 aromatic rings. The Balaban J connectivity index is 0.00000161. The van der Waals surface area contributed by atoms with Crippen LogP contribution in [0, 0.1) is 0 Å². The van der Waals surface area contributed by atoms with E-state index in [1.807, 2.05) is 18.2 Å². The molecule has 1 N–H and O–H groups in total. The average molecular weight is 312 g/mol. The predicted octanol–water partition coefficient (Wildman–Crippen LogP) is 0.600. The lowest BCUT2D eigenvalue weighted by atomic mass is 10.1. The van der Waals surface area contributed by atoms with Crippen molar-refractivity contribution in [3.05, 3.63) is 34.9 Å². The van der Waals surface area contributed by atoms with Gasteiger partial charge >= 0.3 is 5.69 Å². The van der Waals surface area contributed by atoms with E-state index in [9.17, 15) is 4.79 Å². The van der Waals surface area contributed by atoms with Crippen LogP contribution in [0.4, 0.5) is 0 Å². The van der Waals surface area contributed by atoms with Crippen LogP contribution in [-0.2, 0) is 6.54 Å². The number of hydrogen-bond donors (Lipinski definition) is 1. The first-order valence-corrected chi connectivity index (χ1v) is 7.16. The molecule has 0 bridgehead atoms. The summed E-state index contributed by atoms with van der Waals surface area (Å²) in [4.78, 5) is 14.6. The first-order chi connectivity index (χ1) is 9.63. The molecule has 6 nitrogen and oxygen atoms in total. The molecule has 21 heavy (non-hydrogen) atoms. The Kier molecular flexibility index (Phi) is 5.03. The Hall–Kier alpha value is -1.37. The smallest absolute Gasteiger partial charge is 0.309 e. The molecule has 0 spiro atoms. The predicted molar refractivity (Wildman–Crippen MR) is 85.2 cm³/mol. The van der Waals surface area contributed by atoms with Gasteiger partial charge in [-0.1, -0.05) is 6.07 Å². The standard InChI is InChI=1S/C14H21N5O.ClH/c1-11-9-17(10-12(2)15-11)7-8-19-14(20)18-6-4-3-5-13(18)16-19;/h3-6,11-12,15H,7-10H2,1-2H3;1H. The molecular weight excluding hydrogens is 290 g/mol. The van der Waals surface area contributed by atoms with Gasteiger partial charge in [-0.25, -0.2) is 9.48 Å². The van der Waals surface area contributed by atoms with Crippen LogP contribution in [0.25, 0.3) is 5.65 Å². The van der Waals surface area contributed by atoms with E-state index >= 15 is 0 Å². The number of nitrogens with one attached hydrogen (secondary N) is 1. The largest absolute Gasteiger partial charge is 0.350 e. The number of aromatic nitrogens is 3. The summed E-state index contributed by atoms with van der Waals surface area (Å²) in [5, 5.41) is 7.87. The molecule has 7 heteroatoms. The van der Waals surface area contributed by atoms with E-state index in [4.69, 9.17) is 0 Å². The van der Waals surface area contributed by atoms with Crippen LogP contribution in [0.1, 0.15) is 13.8 Å². The van der Waals surface area contributed by atoms with Crippen molar-refractivity contribution >= 4 is 18.1 Å². The van der Waals surface area contributed by atoms with Crippen molar-refractivity contribution in [2.24, 2.45) is 0 Å². The quantitative estimate of drug-likeness (QED) is 0.902. The number of fused-ring (bicyclic) bond motifs is 1. The van der Waals surface area contributed by atoms with Gasteiger partial charge in [0.1, 0.15) is 0 Å². The topological polar surface area (TPSA) is 54.6 Å². The normalized spacial score (nSPS) is 23.1. The van der Waals surface area contributed by atoms with Gasteiger partial charge in [0.15, 0.2) is 5.65 Å². The van der Waals surface area contributed by atoms with Crippen LogP contribution in [0.2, 0.25) is 0 Å². The number of rotatable bonds is 3. The zero-order valence-corrected chi connectivity index (χ0v) is 13.2. The number of piperazine rings is 1. The van der Waals surface area contributed by atoms with Gasteiger partial charge in [0.05, 0.1) is 6.54 Å². The summed E-state index contributed by atoms with van der Waals surface area (Å²) >= 11 is 0. The summed E-state index contributed by atoms with van der Waals surface area (Å²) < 4.78 is 3.15. The van der Waals surface area contributed by atoms with Crippen LogP contribution < -0.4 is 11.0 Å². The third-order valence-corrected chi connectivity index (χ3v) is 3.75. The van der Waals surface area contributed by atoms with Crippen molar-refractivity contribution in [2.75, 3.05) is 19.6 Å². The van der Waals surface area contributed by atoms with Gasteiger partial charge in [-0.3, -0.25) is 9.30 Å². The van der Waals surface area contributed by atoms with Gasteiger partial charge in [-0.05, 0) is 26.0 Å². The van der Waals surface area contributed by atoms with E-state index in [2.05, 4.69) is 29.2 Å². The average Bonchev–Trinajstić information content (AvgIpc) is 2.73. The molecule has 2 aromatic heterocycles. The highest BCUT2D eigenvalue weighted by molar-refractivity contribution is 5.85. The molecule has 0 aliphatic carbocycles. The SMILES string of the molecule is CC1CN(CCn2nc3ccccn3c2=O)CC(C)N1.Cl. The van der Waals surface area contributed by atoms with Crippen molar-refractivity contribution in [2.45, 2.75) is 32.5 Å². The third-order valence-electron chi connectivity index (χ3n) is 3.75. The summed E-state index contributed by atoms with van der Waals surface area (Å²) in [5.74, 6) is 0. The van der Waals surface area contributed by atoms with Crippen molar-refractivity contribution in [1.82, 2.24) is 24.4 Å². The van der Waals surface area contributed by atoms with Crippen LogP contribution >= 0.6 is 12.4 Å². The maximum absolute atomic E-state index is 12.2. The lowest BCUT2D eigenvalue weighted by Gasteiger charge is -2.35. The van der Waals surface area contributed by atoms with E-state index in [0.29, 0.717) is 24.3 Å². The molecule has 1 aliphatic heterocycles.